The zero-order valence-electron chi connectivity index (χ0n) is 31.8. The van der Waals surface area contributed by atoms with Crippen LogP contribution in [0.1, 0.15) is 41.5 Å². The van der Waals surface area contributed by atoms with Crippen LogP contribution in [0.3, 0.4) is 0 Å². The molecule has 57 heavy (non-hydrogen) atoms. The van der Waals surface area contributed by atoms with Crippen LogP contribution in [-0.4, -0.2) is 4.57 Å². The predicted octanol–water partition coefficient (Wildman–Crippen LogP) is 14.1. The lowest BCUT2D eigenvalue weighted by atomic mass is 9.62. The van der Waals surface area contributed by atoms with Gasteiger partial charge in [0.25, 0.3) is 0 Å². The third-order valence-electron chi connectivity index (χ3n) is 12.6. The van der Waals surface area contributed by atoms with Gasteiger partial charge >= 0.3 is 0 Å². The second-order valence-corrected chi connectivity index (χ2v) is 15.5. The molecule has 1 unspecified atom stereocenters. The molecule has 0 saturated heterocycles. The minimum atomic E-state index is -0.316. The highest BCUT2D eigenvalue weighted by Crippen LogP contribution is 2.59. The number of fused-ring (bicyclic) bond motifs is 6. The van der Waals surface area contributed by atoms with Crippen molar-refractivity contribution in [2.24, 2.45) is 5.92 Å². The molecule has 0 N–H and O–H groups in total. The van der Waals surface area contributed by atoms with Crippen molar-refractivity contribution in [1.82, 2.24) is 4.57 Å². The largest absolute Gasteiger partial charge is 0.314 e. The summed E-state index contributed by atoms with van der Waals surface area (Å²) < 4.78 is 2.39. The van der Waals surface area contributed by atoms with Crippen molar-refractivity contribution < 1.29 is 0 Å². The molecule has 8 aromatic rings. The zero-order valence-corrected chi connectivity index (χ0v) is 31.8. The number of para-hydroxylation sites is 3. The molecule has 0 fully saturated rings. The number of rotatable bonds is 7. The predicted molar refractivity (Wildman–Crippen MR) is 239 cm³/mol. The summed E-state index contributed by atoms with van der Waals surface area (Å²) in [7, 11) is 0. The minimum absolute atomic E-state index is 0.283. The Kier molecular flexibility index (Phi) is 8.03. The fourth-order valence-electron chi connectivity index (χ4n) is 10.1. The molecule has 2 heteroatoms. The number of allylic oxidation sites excluding steroid dienone is 8. The van der Waals surface area contributed by atoms with Crippen LogP contribution < -0.4 is 4.90 Å². The van der Waals surface area contributed by atoms with Crippen LogP contribution in [-0.2, 0) is 5.41 Å². The number of aromatic nitrogens is 1. The molecule has 0 aliphatic heterocycles. The lowest BCUT2D eigenvalue weighted by Gasteiger charge is -2.40. The van der Waals surface area contributed by atoms with Crippen molar-refractivity contribution in [3.63, 3.8) is 0 Å². The Bertz CT molecular complexity index is 2930. The molecule has 3 aliphatic carbocycles. The van der Waals surface area contributed by atoms with E-state index in [0.717, 1.165) is 19.3 Å². The van der Waals surface area contributed by atoms with Gasteiger partial charge in [0, 0.05) is 33.5 Å². The molecular weight excluding hydrogens is 689 g/mol. The first kappa shape index (κ1) is 33.4. The van der Waals surface area contributed by atoms with Crippen LogP contribution in [0.15, 0.2) is 218 Å². The number of hydrogen-bond acceptors (Lipinski definition) is 1. The SMILES string of the molecule is C1=CCC([C@@]2(c3ccccc3)c3ccccc3-c3ccc(N(C4=CC=C(c5ccc6c(c5)c5ccccc5n6-c5ccccc5)CC4)c4ccccc4)cc32)C=C1. The Morgan fingerprint density at radius 3 is 2.04 bits per heavy atom. The van der Waals surface area contributed by atoms with Crippen LogP contribution in [0.5, 0.6) is 0 Å². The smallest absolute Gasteiger partial charge is 0.0541 e. The van der Waals surface area contributed by atoms with Gasteiger partial charge in [-0.3, -0.25) is 0 Å². The molecule has 2 nitrogen and oxygen atoms in total. The van der Waals surface area contributed by atoms with Crippen molar-refractivity contribution in [2.45, 2.75) is 24.7 Å². The molecule has 272 valence electrons. The van der Waals surface area contributed by atoms with Crippen LogP contribution in [0, 0.1) is 5.92 Å². The Balaban J connectivity index is 1.04. The molecule has 1 heterocycles. The molecule has 0 bridgehead atoms. The quantitative estimate of drug-likeness (QED) is 0.158. The van der Waals surface area contributed by atoms with Crippen LogP contribution in [0.2, 0.25) is 0 Å². The highest BCUT2D eigenvalue weighted by molar-refractivity contribution is 6.10. The van der Waals surface area contributed by atoms with E-state index in [0.29, 0.717) is 0 Å². The first-order valence-electron chi connectivity index (χ1n) is 20.3. The van der Waals surface area contributed by atoms with Crippen LogP contribution in [0.4, 0.5) is 11.4 Å². The Hall–Kier alpha value is -6.90. The fourth-order valence-corrected chi connectivity index (χ4v) is 10.1. The van der Waals surface area contributed by atoms with E-state index < -0.39 is 0 Å². The molecule has 2 atom stereocenters. The lowest BCUT2D eigenvalue weighted by molar-refractivity contribution is 0.457. The highest BCUT2D eigenvalue weighted by atomic mass is 15.1. The minimum Gasteiger partial charge on any atom is -0.314 e. The summed E-state index contributed by atoms with van der Waals surface area (Å²) in [4.78, 5) is 2.50. The van der Waals surface area contributed by atoms with Gasteiger partial charge in [0.2, 0.25) is 0 Å². The number of anilines is 2. The third-order valence-corrected chi connectivity index (χ3v) is 12.6. The number of hydrogen-bond donors (Lipinski definition) is 0. The summed E-state index contributed by atoms with van der Waals surface area (Å²) in [6.07, 6.45) is 16.8. The Morgan fingerprint density at radius 2 is 1.25 bits per heavy atom. The summed E-state index contributed by atoms with van der Waals surface area (Å²) in [5, 5.41) is 2.57. The molecule has 0 amide bonds. The van der Waals surface area contributed by atoms with Crippen LogP contribution in [0.25, 0.3) is 44.2 Å². The van der Waals surface area contributed by atoms with E-state index in [1.165, 1.54) is 83.5 Å². The van der Waals surface area contributed by atoms with Crippen molar-refractivity contribution >= 4 is 38.8 Å². The third kappa shape index (κ3) is 5.32. The highest BCUT2D eigenvalue weighted by Gasteiger charge is 2.49. The molecule has 0 radical (unpaired) electrons. The molecule has 3 aliphatic rings. The van der Waals surface area contributed by atoms with Gasteiger partial charge in [-0.15, -0.1) is 0 Å². The lowest BCUT2D eigenvalue weighted by Crippen LogP contribution is -2.35. The van der Waals surface area contributed by atoms with Gasteiger partial charge < -0.3 is 9.47 Å². The fraction of sp³-hybridized carbons (Fsp3) is 0.0909. The van der Waals surface area contributed by atoms with E-state index in [-0.39, 0.29) is 11.3 Å². The van der Waals surface area contributed by atoms with Crippen molar-refractivity contribution in [2.75, 3.05) is 4.90 Å². The molecule has 11 rings (SSSR count). The maximum Gasteiger partial charge on any atom is 0.0541 e. The molecular formula is C55H42N2. The Morgan fingerprint density at radius 1 is 0.526 bits per heavy atom. The van der Waals surface area contributed by atoms with Gasteiger partial charge in [0.05, 0.1) is 16.4 Å². The van der Waals surface area contributed by atoms with E-state index >= 15 is 0 Å². The molecule has 7 aromatic carbocycles. The van der Waals surface area contributed by atoms with Crippen molar-refractivity contribution in [3.8, 4) is 16.8 Å². The first-order chi connectivity index (χ1) is 28.3. The van der Waals surface area contributed by atoms with Crippen molar-refractivity contribution in [3.05, 3.63) is 240 Å². The van der Waals surface area contributed by atoms with Gasteiger partial charge in [-0.2, -0.15) is 0 Å². The summed E-state index contributed by atoms with van der Waals surface area (Å²) >= 11 is 0. The van der Waals surface area contributed by atoms with E-state index in [1.807, 2.05) is 0 Å². The monoisotopic (exact) mass is 730 g/mol. The van der Waals surface area contributed by atoms with E-state index in [2.05, 4.69) is 222 Å². The topological polar surface area (TPSA) is 8.17 Å². The summed E-state index contributed by atoms with van der Waals surface area (Å²) in [6.45, 7) is 0. The van der Waals surface area contributed by atoms with Gasteiger partial charge in [0.1, 0.15) is 0 Å². The zero-order chi connectivity index (χ0) is 37.8. The van der Waals surface area contributed by atoms with Gasteiger partial charge in [-0.05, 0) is 125 Å². The average molecular weight is 731 g/mol. The van der Waals surface area contributed by atoms with Gasteiger partial charge in [0.15, 0.2) is 0 Å². The summed E-state index contributed by atoms with van der Waals surface area (Å²) in [6, 6.07) is 65.0. The molecule has 0 spiro atoms. The van der Waals surface area contributed by atoms with E-state index in [1.54, 1.807) is 0 Å². The van der Waals surface area contributed by atoms with Gasteiger partial charge in [-0.25, -0.2) is 0 Å². The summed E-state index contributed by atoms with van der Waals surface area (Å²) in [5.41, 5.74) is 16.5. The molecule has 0 saturated carbocycles. The first-order valence-corrected chi connectivity index (χ1v) is 20.3. The molecule has 1 aromatic heterocycles. The maximum atomic E-state index is 2.51. The van der Waals surface area contributed by atoms with E-state index in [4.69, 9.17) is 0 Å². The average Bonchev–Trinajstić information content (AvgIpc) is 3.78. The normalized spacial score (nSPS) is 18.3. The standard InChI is InChI=1S/C55H42N2/c1-5-17-41(18-6-1)55(42-19-7-2-8-20-42)51-27-15-13-25-47(51)48-35-34-46(38-52(48)55)56(43-21-9-3-10-22-43)45-32-29-39(30-33-45)40-31-36-54-50(37-40)49-26-14-16-28-53(49)57(54)44-23-11-4-12-24-44/h1-19,21-29,31-32,34-38,42H,20,30,33H2/t42?,55-/m0/s1. The van der Waals surface area contributed by atoms with Gasteiger partial charge in [-0.1, -0.05) is 152 Å². The van der Waals surface area contributed by atoms with Crippen molar-refractivity contribution in [1.29, 1.82) is 0 Å². The summed E-state index contributed by atoms with van der Waals surface area (Å²) in [5.74, 6) is 0.283. The maximum absolute atomic E-state index is 2.51. The number of benzene rings is 7. The second kappa shape index (κ2) is 13.7. The van der Waals surface area contributed by atoms with E-state index in [9.17, 15) is 0 Å². The second-order valence-electron chi connectivity index (χ2n) is 15.5. The Labute approximate surface area is 334 Å². The number of nitrogens with zero attached hydrogens (tertiary/aromatic N) is 2. The van der Waals surface area contributed by atoms with Crippen LogP contribution >= 0.6 is 0 Å².